The second-order valence-electron chi connectivity index (χ2n) is 5.06. The normalized spacial score (nSPS) is 10.3. The van der Waals surface area contributed by atoms with Gasteiger partial charge < -0.3 is 9.47 Å². The van der Waals surface area contributed by atoms with E-state index in [0.717, 1.165) is 6.07 Å². The summed E-state index contributed by atoms with van der Waals surface area (Å²) in [5.41, 5.74) is 2.72. The molecule has 0 aliphatic carbocycles. The highest BCUT2D eigenvalue weighted by molar-refractivity contribution is 9.10. The molecular formula is C18H13BrFN3O4. The number of hydrazone groups is 1. The molecule has 0 aliphatic rings. The van der Waals surface area contributed by atoms with Crippen molar-refractivity contribution in [2.24, 2.45) is 5.10 Å². The Bertz CT molecular complexity index is 941. The van der Waals surface area contributed by atoms with E-state index in [1.807, 2.05) is 0 Å². The van der Waals surface area contributed by atoms with Gasteiger partial charge in [0.05, 0.1) is 35.0 Å². The fraction of sp³-hybridized carbons (Fsp3) is 0.111. The van der Waals surface area contributed by atoms with Crippen LogP contribution in [0.2, 0.25) is 0 Å². The highest BCUT2D eigenvalue weighted by atomic mass is 79.9. The van der Waals surface area contributed by atoms with Crippen molar-refractivity contribution < 1.29 is 23.5 Å². The first kappa shape index (κ1) is 20.1. The van der Waals surface area contributed by atoms with Gasteiger partial charge in [-0.15, -0.1) is 0 Å². The lowest BCUT2D eigenvalue weighted by Gasteiger charge is -2.07. The van der Waals surface area contributed by atoms with E-state index in [-0.39, 0.29) is 17.7 Å². The average Bonchev–Trinajstić information content (AvgIpc) is 2.66. The summed E-state index contributed by atoms with van der Waals surface area (Å²) in [6, 6.07) is 10.2. The minimum absolute atomic E-state index is 0.118. The molecule has 0 radical (unpaired) electrons. The Kier molecular flexibility index (Phi) is 7.02. The third-order valence-corrected chi connectivity index (χ3v) is 3.87. The van der Waals surface area contributed by atoms with E-state index in [4.69, 9.17) is 10.00 Å². The number of ether oxygens (including phenoxy) is 2. The zero-order chi connectivity index (χ0) is 19.8. The lowest BCUT2D eigenvalue weighted by atomic mass is 10.1. The number of amides is 1. The Balaban J connectivity index is 2.00. The maximum absolute atomic E-state index is 13.8. The highest BCUT2D eigenvalue weighted by Crippen LogP contribution is 2.25. The summed E-state index contributed by atoms with van der Waals surface area (Å²) >= 11 is 3.30. The molecule has 138 valence electrons. The number of nitrogens with one attached hydrogen (secondary N) is 1. The summed E-state index contributed by atoms with van der Waals surface area (Å²) in [4.78, 5) is 23.0. The summed E-state index contributed by atoms with van der Waals surface area (Å²) < 4.78 is 24.1. The van der Waals surface area contributed by atoms with Crippen LogP contribution in [0.15, 0.2) is 46.0 Å². The van der Waals surface area contributed by atoms with Crippen molar-refractivity contribution in [1.82, 2.24) is 5.43 Å². The second-order valence-corrected chi connectivity index (χ2v) is 5.91. The van der Waals surface area contributed by atoms with Gasteiger partial charge in [-0.1, -0.05) is 0 Å². The van der Waals surface area contributed by atoms with Gasteiger partial charge in [-0.3, -0.25) is 4.79 Å². The van der Waals surface area contributed by atoms with Crippen molar-refractivity contribution in [3.05, 3.63) is 63.4 Å². The smallest absolute Gasteiger partial charge is 0.343 e. The Hall–Kier alpha value is -3.25. The molecule has 0 fully saturated rings. The number of rotatable bonds is 6. The molecule has 0 saturated carbocycles. The minimum atomic E-state index is -0.809. The van der Waals surface area contributed by atoms with Gasteiger partial charge in [0, 0.05) is 0 Å². The van der Waals surface area contributed by atoms with Gasteiger partial charge in [-0.2, -0.15) is 10.4 Å². The van der Waals surface area contributed by atoms with Crippen molar-refractivity contribution >= 4 is 34.0 Å². The number of benzene rings is 2. The van der Waals surface area contributed by atoms with Crippen LogP contribution in [-0.2, 0) is 9.53 Å². The van der Waals surface area contributed by atoms with Gasteiger partial charge in [0.1, 0.15) is 11.6 Å². The van der Waals surface area contributed by atoms with Gasteiger partial charge in [0.2, 0.25) is 0 Å². The van der Waals surface area contributed by atoms with Crippen molar-refractivity contribution in [3.8, 4) is 11.8 Å². The van der Waals surface area contributed by atoms with Crippen LogP contribution in [0.25, 0.3) is 0 Å². The number of esters is 1. The largest absolute Gasteiger partial charge is 0.481 e. The van der Waals surface area contributed by atoms with Gasteiger partial charge in [0.15, 0.2) is 6.61 Å². The fourth-order valence-corrected chi connectivity index (χ4v) is 2.42. The van der Waals surface area contributed by atoms with Crippen molar-refractivity contribution in [2.45, 2.75) is 0 Å². The second kappa shape index (κ2) is 9.45. The van der Waals surface area contributed by atoms with Gasteiger partial charge >= 0.3 is 5.97 Å². The Morgan fingerprint density at radius 3 is 2.74 bits per heavy atom. The monoisotopic (exact) mass is 433 g/mol. The quantitative estimate of drug-likeness (QED) is 0.428. The molecule has 2 aromatic rings. The molecule has 0 bridgehead atoms. The van der Waals surface area contributed by atoms with Crippen LogP contribution in [0.5, 0.6) is 5.75 Å². The van der Waals surface area contributed by atoms with Crippen LogP contribution in [0.1, 0.15) is 21.5 Å². The molecule has 2 rings (SSSR count). The van der Waals surface area contributed by atoms with E-state index in [1.165, 1.54) is 25.5 Å². The third-order valence-electron chi connectivity index (χ3n) is 3.25. The molecule has 0 saturated heterocycles. The Morgan fingerprint density at radius 1 is 1.33 bits per heavy atom. The van der Waals surface area contributed by atoms with Crippen LogP contribution in [0.4, 0.5) is 4.39 Å². The Labute approximate surface area is 162 Å². The van der Waals surface area contributed by atoms with Crippen LogP contribution in [0.3, 0.4) is 0 Å². The number of carbonyl (C=O) groups excluding carboxylic acids is 2. The predicted molar refractivity (Wildman–Crippen MR) is 97.8 cm³/mol. The van der Waals surface area contributed by atoms with Gasteiger partial charge in [0.25, 0.3) is 5.91 Å². The summed E-state index contributed by atoms with van der Waals surface area (Å²) in [6.07, 6.45) is 1.36. The van der Waals surface area contributed by atoms with E-state index in [2.05, 4.69) is 31.2 Å². The van der Waals surface area contributed by atoms with Crippen molar-refractivity contribution in [3.63, 3.8) is 0 Å². The first-order chi connectivity index (χ1) is 12.9. The summed E-state index contributed by atoms with van der Waals surface area (Å²) in [5, 5.41) is 12.5. The number of methoxy groups -OCH3 is 1. The molecule has 1 amide bonds. The maximum Gasteiger partial charge on any atom is 0.343 e. The third kappa shape index (κ3) is 5.62. The Morgan fingerprint density at radius 2 is 2.11 bits per heavy atom. The first-order valence-corrected chi connectivity index (χ1v) is 8.26. The van der Waals surface area contributed by atoms with Gasteiger partial charge in [-0.25, -0.2) is 14.6 Å². The summed E-state index contributed by atoms with van der Waals surface area (Å²) in [7, 11) is 1.26. The van der Waals surface area contributed by atoms with E-state index < -0.39 is 17.7 Å². The molecule has 9 heteroatoms. The number of carbonyl (C=O) groups is 2. The topological polar surface area (TPSA) is 101 Å². The number of hydrogen-bond donors (Lipinski definition) is 1. The molecule has 0 unspecified atom stereocenters. The van der Waals surface area contributed by atoms with Crippen LogP contribution in [0, 0.1) is 17.1 Å². The van der Waals surface area contributed by atoms with E-state index >= 15 is 0 Å². The molecule has 0 atom stereocenters. The minimum Gasteiger partial charge on any atom is -0.481 e. The van der Waals surface area contributed by atoms with E-state index in [9.17, 15) is 14.0 Å². The molecule has 1 N–H and O–H groups in total. The number of hydrogen-bond acceptors (Lipinski definition) is 6. The number of halogens is 2. The van der Waals surface area contributed by atoms with Crippen LogP contribution in [-0.4, -0.2) is 31.8 Å². The molecule has 27 heavy (non-hydrogen) atoms. The van der Waals surface area contributed by atoms with E-state index in [1.54, 1.807) is 24.3 Å². The number of nitrogens with zero attached hydrogens (tertiary/aromatic N) is 2. The van der Waals surface area contributed by atoms with Crippen LogP contribution >= 0.6 is 15.9 Å². The van der Waals surface area contributed by atoms with Crippen molar-refractivity contribution in [1.29, 1.82) is 5.26 Å². The van der Waals surface area contributed by atoms with Gasteiger partial charge in [-0.05, 0) is 57.9 Å². The molecular weight excluding hydrogens is 421 g/mol. The summed E-state index contributed by atoms with van der Waals surface area (Å²) in [5.74, 6) is -1.63. The lowest BCUT2D eigenvalue weighted by molar-refractivity contribution is -0.142. The first-order valence-electron chi connectivity index (χ1n) is 7.47. The van der Waals surface area contributed by atoms with Crippen molar-refractivity contribution in [2.75, 3.05) is 13.7 Å². The zero-order valence-corrected chi connectivity index (χ0v) is 15.6. The summed E-state index contributed by atoms with van der Waals surface area (Å²) in [6.45, 7) is -0.227. The highest BCUT2D eigenvalue weighted by Gasteiger charge is 2.11. The fourth-order valence-electron chi connectivity index (χ4n) is 1.90. The zero-order valence-electron chi connectivity index (χ0n) is 14.0. The molecule has 0 aromatic heterocycles. The molecule has 2 aromatic carbocycles. The average molecular weight is 434 g/mol. The SMILES string of the molecule is COC(=O)COc1ccc(/C=N/NC(=O)c2ccc(C#N)cc2F)cc1Br. The molecule has 0 heterocycles. The maximum atomic E-state index is 13.8. The molecule has 0 aliphatic heterocycles. The molecule has 0 spiro atoms. The lowest BCUT2D eigenvalue weighted by Crippen LogP contribution is -2.19. The standard InChI is InChI=1S/C18H13BrFN3O4/c1-26-17(24)10-27-16-5-3-12(6-14(16)19)9-22-23-18(25)13-4-2-11(8-21)7-15(13)20/h2-7,9H,10H2,1H3,(H,23,25)/b22-9+. The predicted octanol–water partition coefficient (Wildman–Crippen LogP) is 2.78. The van der Waals surface area contributed by atoms with E-state index in [0.29, 0.717) is 15.8 Å². The van der Waals surface area contributed by atoms with Crippen LogP contribution < -0.4 is 10.2 Å². The number of nitriles is 1. The molecule has 7 nitrogen and oxygen atoms in total.